The minimum absolute atomic E-state index is 0.292. The van der Waals surface area contributed by atoms with E-state index in [1.54, 1.807) is 33.8 Å². The van der Waals surface area contributed by atoms with Gasteiger partial charge in [-0.2, -0.15) is 0 Å². The summed E-state index contributed by atoms with van der Waals surface area (Å²) in [4.78, 5) is 23.7. The van der Waals surface area contributed by atoms with Gasteiger partial charge in [0.25, 0.3) is 0 Å². The van der Waals surface area contributed by atoms with E-state index in [-0.39, 0.29) is 11.9 Å². The van der Waals surface area contributed by atoms with Gasteiger partial charge in [-0.15, -0.1) is 13.2 Å². The molecule has 0 heterocycles. The van der Waals surface area contributed by atoms with Crippen LogP contribution >= 0.6 is 0 Å². The van der Waals surface area contributed by atoms with E-state index in [1.807, 2.05) is 0 Å². The van der Waals surface area contributed by atoms with Gasteiger partial charge in [0, 0.05) is 6.54 Å². The molecule has 0 aromatic rings. The van der Waals surface area contributed by atoms with Crippen LogP contribution in [0.4, 0.5) is 0 Å². The van der Waals surface area contributed by atoms with E-state index in [1.165, 1.54) is 6.08 Å². The van der Waals surface area contributed by atoms with Crippen molar-refractivity contribution < 1.29 is 19.1 Å². The highest BCUT2D eigenvalue weighted by molar-refractivity contribution is 5.78. The number of esters is 2. The Morgan fingerprint density at radius 3 is 2.29 bits per heavy atom. The third-order valence-electron chi connectivity index (χ3n) is 2.55. The maximum atomic E-state index is 12.0. The second kappa shape index (κ2) is 9.34. The third-order valence-corrected chi connectivity index (χ3v) is 2.55. The molecule has 0 bridgehead atoms. The van der Waals surface area contributed by atoms with Gasteiger partial charge in [0.15, 0.2) is 0 Å². The maximum Gasteiger partial charge on any atom is 0.327 e. The molecule has 120 valence electrons. The van der Waals surface area contributed by atoms with Gasteiger partial charge in [-0.05, 0) is 34.1 Å². The lowest BCUT2D eigenvalue weighted by atomic mass is 10.1. The maximum absolute atomic E-state index is 12.0. The molecule has 21 heavy (non-hydrogen) atoms. The summed E-state index contributed by atoms with van der Waals surface area (Å²) in [5.74, 6) is -1.11. The molecule has 2 unspecified atom stereocenters. The van der Waals surface area contributed by atoms with Crippen LogP contribution in [0.5, 0.6) is 0 Å². The van der Waals surface area contributed by atoms with Crippen LogP contribution in [0, 0.1) is 5.92 Å². The van der Waals surface area contributed by atoms with Crippen LogP contribution in [0.25, 0.3) is 0 Å². The minimum Gasteiger partial charge on any atom is -0.466 e. The normalized spacial score (nSPS) is 13.9. The number of allylic oxidation sites excluding steroid dienone is 1. The van der Waals surface area contributed by atoms with Crippen LogP contribution in [-0.2, 0) is 19.1 Å². The molecule has 0 aliphatic carbocycles. The zero-order valence-corrected chi connectivity index (χ0v) is 13.5. The monoisotopic (exact) mass is 297 g/mol. The van der Waals surface area contributed by atoms with Crippen LogP contribution in [0.1, 0.15) is 34.1 Å². The molecule has 0 aliphatic rings. The zero-order chi connectivity index (χ0) is 16.5. The van der Waals surface area contributed by atoms with Crippen molar-refractivity contribution in [1.82, 2.24) is 5.32 Å². The quantitative estimate of drug-likeness (QED) is 0.522. The molecule has 5 heteroatoms. The number of nitrogens with one attached hydrogen (secondary N) is 1. The van der Waals surface area contributed by atoms with E-state index >= 15 is 0 Å². The van der Waals surface area contributed by atoms with Crippen molar-refractivity contribution in [3.8, 4) is 0 Å². The summed E-state index contributed by atoms with van der Waals surface area (Å²) >= 11 is 0. The molecule has 0 radical (unpaired) electrons. The van der Waals surface area contributed by atoms with Gasteiger partial charge in [0.05, 0.1) is 12.5 Å². The number of hydrogen-bond acceptors (Lipinski definition) is 5. The molecule has 0 aromatic heterocycles. The Hall–Kier alpha value is -1.62. The van der Waals surface area contributed by atoms with Crippen LogP contribution in [-0.4, -0.2) is 36.7 Å². The van der Waals surface area contributed by atoms with Crippen molar-refractivity contribution in [2.24, 2.45) is 5.92 Å². The molecule has 0 aromatic carbocycles. The van der Waals surface area contributed by atoms with Crippen LogP contribution in [0.15, 0.2) is 25.3 Å². The molecule has 5 nitrogen and oxygen atoms in total. The van der Waals surface area contributed by atoms with Gasteiger partial charge < -0.3 is 14.8 Å². The Labute approximate surface area is 127 Å². The molecule has 1 N–H and O–H groups in total. The van der Waals surface area contributed by atoms with E-state index in [0.717, 1.165) is 0 Å². The smallest absolute Gasteiger partial charge is 0.327 e. The molecular weight excluding hydrogens is 270 g/mol. The lowest BCUT2D eigenvalue weighted by molar-refractivity contribution is -0.156. The Balaban J connectivity index is 4.59. The second-order valence-electron chi connectivity index (χ2n) is 5.63. The molecule has 0 rings (SSSR count). The summed E-state index contributed by atoms with van der Waals surface area (Å²) in [5, 5.41) is 2.97. The van der Waals surface area contributed by atoms with Gasteiger partial charge in [0.2, 0.25) is 0 Å². The average Bonchev–Trinajstić information content (AvgIpc) is 2.36. The average molecular weight is 297 g/mol. The first-order valence-electron chi connectivity index (χ1n) is 7.11. The fourth-order valence-corrected chi connectivity index (χ4v) is 1.62. The molecule has 2 atom stereocenters. The zero-order valence-electron chi connectivity index (χ0n) is 13.5. The Kier molecular flexibility index (Phi) is 8.62. The molecule has 0 saturated carbocycles. The standard InChI is InChI=1S/C16H27NO4/c1-7-10-12(14(18)20-9-3)11-17-13(8-2)15(19)21-16(4,5)6/h7-8,12-13,17H,1-2,9-11H2,3-6H3. The van der Waals surface area contributed by atoms with E-state index in [9.17, 15) is 9.59 Å². The van der Waals surface area contributed by atoms with Crippen molar-refractivity contribution in [1.29, 1.82) is 0 Å². The van der Waals surface area contributed by atoms with E-state index in [2.05, 4.69) is 18.5 Å². The number of carbonyl (C=O) groups is 2. The summed E-state index contributed by atoms with van der Waals surface area (Å²) in [6.07, 6.45) is 3.59. The molecule has 0 amide bonds. The van der Waals surface area contributed by atoms with Crippen LogP contribution < -0.4 is 5.32 Å². The second-order valence-corrected chi connectivity index (χ2v) is 5.63. The summed E-state index contributed by atoms with van der Waals surface area (Å²) in [5.41, 5.74) is -0.568. The lowest BCUT2D eigenvalue weighted by Crippen LogP contribution is -2.43. The predicted octanol–water partition coefficient (Wildman–Crippen LogP) is 2.23. The topological polar surface area (TPSA) is 64.6 Å². The number of ether oxygens (including phenoxy) is 2. The highest BCUT2D eigenvalue weighted by Crippen LogP contribution is 2.10. The predicted molar refractivity (Wildman–Crippen MR) is 82.8 cm³/mol. The summed E-state index contributed by atoms with van der Waals surface area (Å²) < 4.78 is 10.3. The molecule has 0 saturated heterocycles. The van der Waals surface area contributed by atoms with Crippen molar-refractivity contribution in [2.45, 2.75) is 45.8 Å². The highest BCUT2D eigenvalue weighted by atomic mass is 16.6. The van der Waals surface area contributed by atoms with Crippen molar-refractivity contribution in [3.05, 3.63) is 25.3 Å². The van der Waals surface area contributed by atoms with Gasteiger partial charge in [-0.25, -0.2) is 4.79 Å². The molecular formula is C16H27NO4. The van der Waals surface area contributed by atoms with E-state index in [4.69, 9.17) is 9.47 Å². The third kappa shape index (κ3) is 8.30. The van der Waals surface area contributed by atoms with E-state index < -0.39 is 17.6 Å². The van der Waals surface area contributed by atoms with Crippen molar-refractivity contribution in [3.63, 3.8) is 0 Å². The highest BCUT2D eigenvalue weighted by Gasteiger charge is 2.25. The van der Waals surface area contributed by atoms with Crippen molar-refractivity contribution in [2.75, 3.05) is 13.2 Å². The Morgan fingerprint density at radius 1 is 1.24 bits per heavy atom. The molecule has 0 fully saturated rings. The van der Waals surface area contributed by atoms with Gasteiger partial charge in [-0.1, -0.05) is 12.2 Å². The van der Waals surface area contributed by atoms with Gasteiger partial charge in [-0.3, -0.25) is 4.79 Å². The van der Waals surface area contributed by atoms with Gasteiger partial charge >= 0.3 is 11.9 Å². The minimum atomic E-state index is -0.661. The molecule has 0 aliphatic heterocycles. The van der Waals surface area contributed by atoms with E-state index in [0.29, 0.717) is 19.6 Å². The van der Waals surface area contributed by atoms with Crippen LogP contribution in [0.3, 0.4) is 0 Å². The fourth-order valence-electron chi connectivity index (χ4n) is 1.62. The fraction of sp³-hybridized carbons (Fsp3) is 0.625. The first kappa shape index (κ1) is 19.4. The first-order valence-corrected chi connectivity index (χ1v) is 7.11. The number of rotatable bonds is 9. The Bertz CT molecular complexity index is 371. The SMILES string of the molecule is C=CCC(CNC(C=C)C(=O)OC(C)(C)C)C(=O)OCC. The number of carbonyl (C=O) groups excluding carboxylic acids is 2. The van der Waals surface area contributed by atoms with Crippen molar-refractivity contribution >= 4 is 11.9 Å². The summed E-state index contributed by atoms with van der Waals surface area (Å²) in [6.45, 7) is 15.0. The summed E-state index contributed by atoms with van der Waals surface area (Å²) in [6, 6.07) is -0.661. The first-order chi connectivity index (χ1) is 9.75. The van der Waals surface area contributed by atoms with Gasteiger partial charge in [0.1, 0.15) is 11.6 Å². The summed E-state index contributed by atoms with van der Waals surface area (Å²) in [7, 11) is 0. The Morgan fingerprint density at radius 2 is 1.86 bits per heavy atom. The largest absolute Gasteiger partial charge is 0.466 e. The number of hydrogen-bond donors (Lipinski definition) is 1. The van der Waals surface area contributed by atoms with Crippen LogP contribution in [0.2, 0.25) is 0 Å². The molecule has 0 spiro atoms. The lowest BCUT2D eigenvalue weighted by Gasteiger charge is -2.24.